The fraction of sp³-hybridized carbons (Fsp3) is 0.500. The number of hydrogen-bond acceptors (Lipinski definition) is 2. The standard InChI is InChI=1S/C16H20FNO3/c1-11(14(19)20)18-15(21)16(9-3-2-4-10-16)12-5-7-13(17)8-6-12/h5-8,11H,2-4,9-10H2,1H3,(H,18,21)(H,19,20)/t11-/m1/s1. The number of aliphatic carboxylic acids is 1. The molecule has 1 aliphatic rings. The average Bonchev–Trinajstić information content (AvgIpc) is 2.48. The van der Waals surface area contributed by atoms with Crippen molar-refractivity contribution in [2.75, 3.05) is 0 Å². The first-order valence-corrected chi connectivity index (χ1v) is 7.25. The molecule has 0 saturated heterocycles. The maximum Gasteiger partial charge on any atom is 0.325 e. The molecule has 2 N–H and O–H groups in total. The van der Waals surface area contributed by atoms with Gasteiger partial charge in [-0.05, 0) is 37.5 Å². The fourth-order valence-corrected chi connectivity index (χ4v) is 2.97. The van der Waals surface area contributed by atoms with Gasteiger partial charge in [-0.15, -0.1) is 0 Å². The summed E-state index contributed by atoms with van der Waals surface area (Å²) in [5, 5.41) is 11.5. The van der Waals surface area contributed by atoms with Crippen LogP contribution in [0.15, 0.2) is 24.3 Å². The lowest BCUT2D eigenvalue weighted by molar-refractivity contribution is -0.142. The number of carbonyl (C=O) groups is 2. The number of carboxylic acid groups (broad SMARTS) is 1. The monoisotopic (exact) mass is 293 g/mol. The molecule has 1 atom stereocenters. The summed E-state index contributed by atoms with van der Waals surface area (Å²) in [6.45, 7) is 1.45. The molecule has 1 saturated carbocycles. The second-order valence-electron chi connectivity index (χ2n) is 5.68. The van der Waals surface area contributed by atoms with Gasteiger partial charge in [0.1, 0.15) is 11.9 Å². The van der Waals surface area contributed by atoms with E-state index in [1.165, 1.54) is 19.1 Å². The van der Waals surface area contributed by atoms with Crippen LogP contribution in [0.5, 0.6) is 0 Å². The van der Waals surface area contributed by atoms with Gasteiger partial charge in [0.15, 0.2) is 0 Å². The Balaban J connectivity index is 2.30. The molecule has 0 heterocycles. The highest BCUT2D eigenvalue weighted by molar-refractivity contribution is 5.91. The summed E-state index contributed by atoms with van der Waals surface area (Å²) in [6, 6.07) is 5.02. The smallest absolute Gasteiger partial charge is 0.325 e. The number of nitrogens with one attached hydrogen (secondary N) is 1. The van der Waals surface area contributed by atoms with Crippen LogP contribution in [-0.2, 0) is 15.0 Å². The fourth-order valence-electron chi connectivity index (χ4n) is 2.97. The zero-order chi connectivity index (χ0) is 15.5. The first-order chi connectivity index (χ1) is 9.95. The Morgan fingerprint density at radius 1 is 1.19 bits per heavy atom. The molecule has 1 fully saturated rings. The molecular weight excluding hydrogens is 273 g/mol. The molecule has 1 aromatic rings. The second-order valence-corrected chi connectivity index (χ2v) is 5.68. The predicted molar refractivity (Wildman–Crippen MR) is 76.4 cm³/mol. The van der Waals surface area contributed by atoms with E-state index in [2.05, 4.69) is 5.32 Å². The van der Waals surface area contributed by atoms with Crippen molar-refractivity contribution in [1.82, 2.24) is 5.32 Å². The Morgan fingerprint density at radius 3 is 2.29 bits per heavy atom. The van der Waals surface area contributed by atoms with E-state index in [1.54, 1.807) is 12.1 Å². The lowest BCUT2D eigenvalue weighted by Gasteiger charge is -2.37. The van der Waals surface area contributed by atoms with E-state index in [4.69, 9.17) is 5.11 Å². The molecule has 0 bridgehead atoms. The highest BCUT2D eigenvalue weighted by atomic mass is 19.1. The van der Waals surface area contributed by atoms with Crippen molar-refractivity contribution in [3.8, 4) is 0 Å². The lowest BCUT2D eigenvalue weighted by Crippen LogP contribution is -2.50. The number of carbonyl (C=O) groups excluding carboxylic acids is 1. The molecular formula is C16H20FNO3. The summed E-state index contributed by atoms with van der Waals surface area (Å²) in [6.07, 6.45) is 4.21. The summed E-state index contributed by atoms with van der Waals surface area (Å²) < 4.78 is 13.1. The van der Waals surface area contributed by atoms with Gasteiger partial charge >= 0.3 is 5.97 Å². The molecule has 21 heavy (non-hydrogen) atoms. The third kappa shape index (κ3) is 3.23. The third-order valence-corrected chi connectivity index (χ3v) is 4.26. The van der Waals surface area contributed by atoms with Crippen LogP contribution in [0.25, 0.3) is 0 Å². The van der Waals surface area contributed by atoms with Crippen LogP contribution >= 0.6 is 0 Å². The second kappa shape index (κ2) is 6.24. The van der Waals surface area contributed by atoms with Crippen molar-refractivity contribution in [1.29, 1.82) is 0 Å². The van der Waals surface area contributed by atoms with E-state index in [-0.39, 0.29) is 11.7 Å². The van der Waals surface area contributed by atoms with Crippen LogP contribution in [0.1, 0.15) is 44.6 Å². The molecule has 4 nitrogen and oxygen atoms in total. The SMILES string of the molecule is C[C@@H](NC(=O)C1(c2ccc(F)cc2)CCCCC1)C(=O)O. The van der Waals surface area contributed by atoms with E-state index >= 15 is 0 Å². The number of rotatable bonds is 4. The number of halogens is 1. The molecule has 5 heteroatoms. The minimum absolute atomic E-state index is 0.274. The zero-order valence-corrected chi connectivity index (χ0v) is 12.1. The quantitative estimate of drug-likeness (QED) is 0.896. The Kier molecular flexibility index (Phi) is 4.60. The van der Waals surface area contributed by atoms with E-state index in [0.717, 1.165) is 24.8 Å². The third-order valence-electron chi connectivity index (χ3n) is 4.26. The molecule has 0 radical (unpaired) electrons. The summed E-state index contributed by atoms with van der Waals surface area (Å²) in [7, 11) is 0. The zero-order valence-electron chi connectivity index (χ0n) is 12.1. The van der Waals surface area contributed by atoms with Crippen LogP contribution in [0.2, 0.25) is 0 Å². The van der Waals surface area contributed by atoms with Gasteiger partial charge in [-0.3, -0.25) is 9.59 Å². The Morgan fingerprint density at radius 2 is 1.76 bits per heavy atom. The van der Waals surface area contributed by atoms with E-state index in [0.29, 0.717) is 12.8 Å². The van der Waals surface area contributed by atoms with Crippen molar-refractivity contribution < 1.29 is 19.1 Å². The summed E-state index contributed by atoms with van der Waals surface area (Å²) in [4.78, 5) is 23.6. The molecule has 0 aromatic heterocycles. The van der Waals surface area contributed by atoms with Gasteiger partial charge in [0.2, 0.25) is 5.91 Å². The van der Waals surface area contributed by atoms with Crippen molar-refractivity contribution >= 4 is 11.9 Å². The van der Waals surface area contributed by atoms with E-state index in [9.17, 15) is 14.0 Å². The highest BCUT2D eigenvalue weighted by Gasteiger charge is 2.41. The summed E-state index contributed by atoms with van der Waals surface area (Å²) in [5.74, 6) is -1.68. The molecule has 1 amide bonds. The van der Waals surface area contributed by atoms with Gasteiger partial charge in [-0.25, -0.2) is 4.39 Å². The van der Waals surface area contributed by atoms with Crippen LogP contribution in [0.4, 0.5) is 4.39 Å². The first-order valence-electron chi connectivity index (χ1n) is 7.25. The number of benzene rings is 1. The Labute approximate surface area is 123 Å². The maximum absolute atomic E-state index is 13.1. The van der Waals surface area contributed by atoms with Gasteiger partial charge in [-0.2, -0.15) is 0 Å². The van der Waals surface area contributed by atoms with Gasteiger partial charge in [0, 0.05) is 0 Å². The van der Waals surface area contributed by atoms with Crippen LogP contribution in [0, 0.1) is 5.82 Å². The summed E-state index contributed by atoms with van der Waals surface area (Å²) in [5.41, 5.74) is 0.0223. The van der Waals surface area contributed by atoms with Crippen molar-refractivity contribution in [2.45, 2.75) is 50.5 Å². The first kappa shape index (κ1) is 15.5. The Bertz CT molecular complexity index is 521. The van der Waals surface area contributed by atoms with Gasteiger partial charge in [0.25, 0.3) is 0 Å². The predicted octanol–water partition coefficient (Wildman–Crippen LogP) is 2.62. The van der Waals surface area contributed by atoms with Gasteiger partial charge in [0.05, 0.1) is 5.41 Å². The number of hydrogen-bond donors (Lipinski definition) is 2. The largest absolute Gasteiger partial charge is 0.480 e. The van der Waals surface area contributed by atoms with Crippen molar-refractivity contribution in [3.05, 3.63) is 35.6 Å². The van der Waals surface area contributed by atoms with Crippen LogP contribution in [-0.4, -0.2) is 23.0 Å². The molecule has 1 aromatic carbocycles. The summed E-state index contributed by atoms with van der Waals surface area (Å²) >= 11 is 0. The minimum Gasteiger partial charge on any atom is -0.480 e. The maximum atomic E-state index is 13.1. The van der Waals surface area contributed by atoms with Gasteiger partial charge in [-0.1, -0.05) is 31.4 Å². The molecule has 0 unspecified atom stereocenters. The van der Waals surface area contributed by atoms with E-state index in [1.807, 2.05) is 0 Å². The van der Waals surface area contributed by atoms with E-state index < -0.39 is 17.4 Å². The molecule has 1 aliphatic carbocycles. The normalized spacial score (nSPS) is 18.8. The van der Waals surface area contributed by atoms with Crippen molar-refractivity contribution in [3.63, 3.8) is 0 Å². The number of carboxylic acids is 1. The van der Waals surface area contributed by atoms with Crippen LogP contribution < -0.4 is 5.32 Å². The lowest BCUT2D eigenvalue weighted by atomic mass is 9.68. The molecule has 0 aliphatic heterocycles. The highest BCUT2D eigenvalue weighted by Crippen LogP contribution is 2.39. The molecule has 0 spiro atoms. The van der Waals surface area contributed by atoms with Crippen molar-refractivity contribution in [2.24, 2.45) is 0 Å². The Hall–Kier alpha value is -1.91. The molecule has 114 valence electrons. The van der Waals surface area contributed by atoms with Gasteiger partial charge < -0.3 is 10.4 Å². The minimum atomic E-state index is -1.06. The number of amides is 1. The van der Waals surface area contributed by atoms with Crippen LogP contribution in [0.3, 0.4) is 0 Å². The average molecular weight is 293 g/mol. The molecule has 2 rings (SSSR count). The topological polar surface area (TPSA) is 66.4 Å².